The Bertz CT molecular complexity index is 1090. The number of hydrogen-bond acceptors (Lipinski definition) is 7. The van der Waals surface area contributed by atoms with E-state index in [1.807, 2.05) is 30.3 Å². The van der Waals surface area contributed by atoms with E-state index in [1.165, 1.54) is 12.1 Å². The molecule has 30 heavy (non-hydrogen) atoms. The van der Waals surface area contributed by atoms with E-state index in [2.05, 4.69) is 28.2 Å². The van der Waals surface area contributed by atoms with Crippen molar-refractivity contribution in [3.05, 3.63) is 74.8 Å². The van der Waals surface area contributed by atoms with Crippen molar-refractivity contribution in [2.75, 3.05) is 43.4 Å². The predicted octanol–water partition coefficient (Wildman–Crippen LogP) is 4.15. The minimum atomic E-state index is -0.635. The summed E-state index contributed by atoms with van der Waals surface area (Å²) in [6.45, 7) is 3.85. The highest BCUT2D eigenvalue weighted by molar-refractivity contribution is 5.97. The molecule has 9 nitrogen and oxygen atoms in total. The van der Waals surface area contributed by atoms with Gasteiger partial charge in [-0.05, 0) is 30.6 Å². The van der Waals surface area contributed by atoms with Crippen molar-refractivity contribution in [1.82, 2.24) is 4.90 Å². The first-order chi connectivity index (χ1) is 14.4. The van der Waals surface area contributed by atoms with Crippen LogP contribution in [-0.4, -0.2) is 48.0 Å². The van der Waals surface area contributed by atoms with Crippen LogP contribution < -0.4 is 10.2 Å². The maximum Gasteiger partial charge on any atom is 0.278 e. The molecule has 1 aliphatic rings. The Balaban J connectivity index is 1.70. The van der Waals surface area contributed by atoms with Gasteiger partial charge in [0, 0.05) is 55.1 Å². The summed E-state index contributed by atoms with van der Waals surface area (Å²) in [7, 11) is 2.11. The van der Waals surface area contributed by atoms with Crippen LogP contribution in [0.5, 0.6) is 0 Å². The summed E-state index contributed by atoms with van der Waals surface area (Å²) in [5.41, 5.74) is 1.48. The van der Waals surface area contributed by atoms with Crippen molar-refractivity contribution in [3.63, 3.8) is 0 Å². The summed E-state index contributed by atoms with van der Waals surface area (Å²) in [5, 5.41) is 27.5. The maximum absolute atomic E-state index is 11.1. The van der Waals surface area contributed by atoms with Crippen LogP contribution in [-0.2, 0) is 0 Å². The van der Waals surface area contributed by atoms with Gasteiger partial charge in [-0.25, -0.2) is 0 Å². The molecule has 3 aromatic rings. The molecule has 0 saturated carbocycles. The Hall–Kier alpha value is -3.72. The molecule has 9 heteroatoms. The van der Waals surface area contributed by atoms with E-state index in [1.54, 1.807) is 0 Å². The average Bonchev–Trinajstić information content (AvgIpc) is 2.73. The lowest BCUT2D eigenvalue weighted by atomic mass is 10.1. The number of nitrogens with one attached hydrogen (secondary N) is 1. The lowest BCUT2D eigenvalue weighted by molar-refractivity contribution is -0.394. The quantitative estimate of drug-likeness (QED) is 0.500. The second kappa shape index (κ2) is 7.96. The Morgan fingerprint density at radius 2 is 1.50 bits per heavy atom. The number of anilines is 3. The molecule has 0 unspecified atom stereocenters. The van der Waals surface area contributed by atoms with Gasteiger partial charge in [0.2, 0.25) is 0 Å². The Kier molecular flexibility index (Phi) is 5.20. The first kappa shape index (κ1) is 19.6. The number of piperazine rings is 1. The van der Waals surface area contributed by atoms with Gasteiger partial charge in [0.25, 0.3) is 11.4 Å². The molecule has 1 heterocycles. The molecule has 4 rings (SSSR count). The fourth-order valence-electron chi connectivity index (χ4n) is 3.70. The van der Waals surface area contributed by atoms with Crippen molar-refractivity contribution in [3.8, 4) is 0 Å². The Morgan fingerprint density at radius 3 is 2.13 bits per heavy atom. The Morgan fingerprint density at radius 1 is 0.833 bits per heavy atom. The smallest absolute Gasteiger partial charge is 0.278 e. The van der Waals surface area contributed by atoms with E-state index in [-0.39, 0.29) is 11.4 Å². The number of non-ortho nitro benzene ring substituents is 2. The molecular formula is C21H21N5O4. The number of rotatable bonds is 5. The molecule has 3 aromatic carbocycles. The van der Waals surface area contributed by atoms with Crippen LogP contribution >= 0.6 is 0 Å². The van der Waals surface area contributed by atoms with Crippen LogP contribution in [0.4, 0.5) is 28.4 Å². The van der Waals surface area contributed by atoms with Crippen LogP contribution in [0.2, 0.25) is 0 Å². The van der Waals surface area contributed by atoms with E-state index >= 15 is 0 Å². The normalized spacial score (nSPS) is 14.6. The van der Waals surface area contributed by atoms with Gasteiger partial charge < -0.3 is 15.1 Å². The third kappa shape index (κ3) is 4.01. The second-order valence-corrected chi connectivity index (χ2v) is 7.38. The largest absolute Gasteiger partial charge is 0.368 e. The van der Waals surface area contributed by atoms with Gasteiger partial charge in [-0.2, -0.15) is 0 Å². The molecule has 0 radical (unpaired) electrons. The molecule has 1 N–H and O–H groups in total. The van der Waals surface area contributed by atoms with Crippen LogP contribution in [0.15, 0.2) is 54.6 Å². The minimum absolute atomic E-state index is 0.298. The molecule has 0 atom stereocenters. The van der Waals surface area contributed by atoms with Crippen LogP contribution in [0.25, 0.3) is 10.8 Å². The minimum Gasteiger partial charge on any atom is -0.368 e. The van der Waals surface area contributed by atoms with E-state index in [9.17, 15) is 20.2 Å². The number of nitrogens with zero attached hydrogens (tertiary/aromatic N) is 4. The lowest BCUT2D eigenvalue weighted by Gasteiger charge is -2.34. The standard InChI is InChI=1S/C21H21N5O4/c1-23-7-9-24(10-8-23)21-4-2-3-15-5-6-16(13-20(15)21)22-17-11-18(25(27)28)14-19(12-17)26(29)30/h2-6,11-14,22H,7-10H2,1H3. The molecule has 0 bridgehead atoms. The van der Waals surface area contributed by atoms with Crippen molar-refractivity contribution < 1.29 is 9.85 Å². The molecule has 1 aliphatic heterocycles. The van der Waals surface area contributed by atoms with Gasteiger partial charge in [0.15, 0.2) is 0 Å². The predicted molar refractivity (Wildman–Crippen MR) is 117 cm³/mol. The highest BCUT2D eigenvalue weighted by Gasteiger charge is 2.18. The third-order valence-electron chi connectivity index (χ3n) is 5.32. The van der Waals surface area contributed by atoms with Crippen LogP contribution in [0, 0.1) is 20.2 Å². The summed E-state index contributed by atoms with van der Waals surface area (Å²) in [5.74, 6) is 0. The second-order valence-electron chi connectivity index (χ2n) is 7.38. The number of nitro benzene ring substituents is 2. The van der Waals surface area contributed by atoms with E-state index in [0.29, 0.717) is 11.4 Å². The molecule has 1 fully saturated rings. The zero-order chi connectivity index (χ0) is 21.3. The molecule has 0 aliphatic carbocycles. The SMILES string of the molecule is CN1CCN(c2cccc3ccc(Nc4cc([N+](=O)[O-])cc([N+](=O)[O-])c4)cc23)CC1. The molecule has 154 valence electrons. The van der Waals surface area contributed by atoms with Crippen LogP contribution in [0.3, 0.4) is 0 Å². The molecule has 0 aromatic heterocycles. The summed E-state index contributed by atoms with van der Waals surface area (Å²) >= 11 is 0. The van der Waals surface area contributed by atoms with E-state index in [4.69, 9.17) is 0 Å². The summed E-state index contributed by atoms with van der Waals surface area (Å²) in [4.78, 5) is 25.7. The summed E-state index contributed by atoms with van der Waals surface area (Å²) in [6.07, 6.45) is 0. The molecule has 0 amide bonds. The zero-order valence-corrected chi connectivity index (χ0v) is 16.4. The van der Waals surface area contributed by atoms with Gasteiger partial charge in [-0.3, -0.25) is 20.2 Å². The van der Waals surface area contributed by atoms with Crippen molar-refractivity contribution in [2.45, 2.75) is 0 Å². The highest BCUT2D eigenvalue weighted by atomic mass is 16.6. The number of nitro groups is 2. The van der Waals surface area contributed by atoms with Crippen molar-refractivity contribution in [1.29, 1.82) is 0 Å². The first-order valence-electron chi connectivity index (χ1n) is 9.58. The van der Waals surface area contributed by atoms with Gasteiger partial charge in [0.05, 0.1) is 21.6 Å². The van der Waals surface area contributed by atoms with E-state index < -0.39 is 9.85 Å². The fourth-order valence-corrected chi connectivity index (χ4v) is 3.70. The summed E-state index contributed by atoms with van der Waals surface area (Å²) < 4.78 is 0. The molecule has 1 saturated heterocycles. The van der Waals surface area contributed by atoms with E-state index in [0.717, 1.165) is 48.7 Å². The van der Waals surface area contributed by atoms with Crippen molar-refractivity contribution >= 4 is 39.2 Å². The van der Waals surface area contributed by atoms with Gasteiger partial charge in [-0.15, -0.1) is 0 Å². The van der Waals surface area contributed by atoms with Gasteiger partial charge >= 0.3 is 0 Å². The number of fused-ring (bicyclic) bond motifs is 1. The first-order valence-corrected chi connectivity index (χ1v) is 9.58. The topological polar surface area (TPSA) is 105 Å². The molecular weight excluding hydrogens is 386 g/mol. The van der Waals surface area contributed by atoms with Crippen LogP contribution in [0.1, 0.15) is 0 Å². The third-order valence-corrected chi connectivity index (χ3v) is 5.32. The summed E-state index contributed by atoms with van der Waals surface area (Å²) in [6, 6.07) is 15.5. The fraction of sp³-hybridized carbons (Fsp3) is 0.238. The number of hydrogen-bond donors (Lipinski definition) is 1. The maximum atomic E-state index is 11.1. The number of likely N-dealkylation sites (N-methyl/N-ethyl adjacent to an activating group) is 1. The van der Waals surface area contributed by atoms with Gasteiger partial charge in [0.1, 0.15) is 0 Å². The average molecular weight is 407 g/mol. The Labute approximate surface area is 172 Å². The monoisotopic (exact) mass is 407 g/mol. The molecule has 0 spiro atoms. The van der Waals surface area contributed by atoms with Crippen molar-refractivity contribution in [2.24, 2.45) is 0 Å². The lowest BCUT2D eigenvalue weighted by Crippen LogP contribution is -2.44. The van der Waals surface area contributed by atoms with Gasteiger partial charge in [-0.1, -0.05) is 18.2 Å². The number of benzene rings is 3. The highest BCUT2D eigenvalue weighted by Crippen LogP contribution is 2.32. The zero-order valence-electron chi connectivity index (χ0n) is 16.4.